The normalized spacial score (nSPS) is 12.3. The van der Waals surface area contributed by atoms with E-state index >= 15 is 0 Å². The van der Waals surface area contributed by atoms with Gasteiger partial charge in [0.15, 0.2) is 5.82 Å². The molecule has 1 aromatic carbocycles. The molecule has 1 aliphatic heterocycles. The van der Waals surface area contributed by atoms with Crippen LogP contribution in [0.25, 0.3) is 17.1 Å². The number of aromatic nitrogens is 6. The van der Waals surface area contributed by atoms with E-state index < -0.39 is 0 Å². The monoisotopic (exact) mass is 266 g/mol. The van der Waals surface area contributed by atoms with Gasteiger partial charge in [0.25, 0.3) is 0 Å². The number of hydrogen-bond donors (Lipinski definition) is 1. The van der Waals surface area contributed by atoms with Gasteiger partial charge >= 0.3 is 0 Å². The Labute approximate surface area is 113 Å². The molecule has 8 heteroatoms. The van der Waals surface area contributed by atoms with E-state index in [1.807, 2.05) is 36.2 Å². The molecule has 0 spiro atoms. The zero-order valence-electron chi connectivity index (χ0n) is 10.6. The predicted octanol–water partition coefficient (Wildman–Crippen LogP) is 0.783. The molecule has 2 N–H and O–H groups in total. The van der Waals surface area contributed by atoms with Crippen LogP contribution in [-0.2, 0) is 0 Å². The van der Waals surface area contributed by atoms with Gasteiger partial charge in [0.05, 0.1) is 16.9 Å². The number of anilines is 3. The molecule has 3 heterocycles. The first kappa shape index (κ1) is 10.9. The fourth-order valence-electron chi connectivity index (χ4n) is 2.36. The number of tetrazole rings is 1. The average molecular weight is 266 g/mol. The second-order valence-corrected chi connectivity index (χ2v) is 4.43. The quantitative estimate of drug-likeness (QED) is 0.642. The van der Waals surface area contributed by atoms with Gasteiger partial charge in [-0.15, -0.1) is 5.10 Å². The van der Waals surface area contributed by atoms with Crippen LogP contribution in [0.15, 0.2) is 30.5 Å². The molecule has 0 amide bonds. The number of nitrogens with zero attached hydrogens (tertiary/aromatic N) is 7. The first-order chi connectivity index (χ1) is 9.75. The first-order valence-corrected chi connectivity index (χ1v) is 6.00. The summed E-state index contributed by atoms with van der Waals surface area (Å²) >= 11 is 0. The molecule has 0 atom stereocenters. The summed E-state index contributed by atoms with van der Waals surface area (Å²) in [6, 6.07) is 7.83. The smallest absolute Gasteiger partial charge is 0.221 e. The lowest BCUT2D eigenvalue weighted by atomic mass is 10.2. The van der Waals surface area contributed by atoms with Crippen molar-refractivity contribution in [3.63, 3.8) is 0 Å². The van der Waals surface area contributed by atoms with Crippen molar-refractivity contribution in [1.82, 2.24) is 30.2 Å². The van der Waals surface area contributed by atoms with Crippen molar-refractivity contribution in [2.24, 2.45) is 0 Å². The van der Waals surface area contributed by atoms with Gasteiger partial charge in [-0.2, -0.15) is 9.67 Å². The fourth-order valence-corrected chi connectivity index (χ4v) is 2.36. The highest BCUT2D eigenvalue weighted by Crippen LogP contribution is 2.38. The van der Waals surface area contributed by atoms with Crippen LogP contribution in [-0.4, -0.2) is 37.2 Å². The van der Waals surface area contributed by atoms with Gasteiger partial charge in [0, 0.05) is 13.2 Å². The van der Waals surface area contributed by atoms with Gasteiger partial charge in [0.2, 0.25) is 5.95 Å². The lowest BCUT2D eigenvalue weighted by Crippen LogP contribution is -2.14. The summed E-state index contributed by atoms with van der Waals surface area (Å²) < 4.78 is 1.68. The van der Waals surface area contributed by atoms with Gasteiger partial charge < -0.3 is 10.6 Å². The van der Waals surface area contributed by atoms with Crippen LogP contribution in [0.2, 0.25) is 0 Å². The molecule has 1 aliphatic rings. The number of hydrogen-bond acceptors (Lipinski definition) is 7. The molecule has 4 rings (SSSR count). The van der Waals surface area contributed by atoms with Crippen LogP contribution in [0.5, 0.6) is 0 Å². The Morgan fingerprint density at radius 3 is 2.80 bits per heavy atom. The van der Waals surface area contributed by atoms with Crippen molar-refractivity contribution < 1.29 is 0 Å². The van der Waals surface area contributed by atoms with Crippen molar-refractivity contribution in [1.29, 1.82) is 0 Å². The Morgan fingerprint density at radius 2 is 1.95 bits per heavy atom. The zero-order chi connectivity index (χ0) is 13.7. The van der Waals surface area contributed by atoms with Gasteiger partial charge in [-0.05, 0) is 22.6 Å². The number of nitrogen functional groups attached to an aromatic ring is 1. The second kappa shape index (κ2) is 3.73. The maximum atomic E-state index is 5.70. The molecule has 0 aliphatic carbocycles. The summed E-state index contributed by atoms with van der Waals surface area (Å²) in [4.78, 5) is 10.3. The van der Waals surface area contributed by atoms with E-state index in [1.54, 1.807) is 10.9 Å². The summed E-state index contributed by atoms with van der Waals surface area (Å²) in [6.45, 7) is 0. The SMILES string of the molecule is CN1c2ccccc2-n2nnnc2-c2cnc(N)nc21. The molecular formula is C12H10N8. The summed E-state index contributed by atoms with van der Waals surface area (Å²) in [7, 11) is 1.92. The summed E-state index contributed by atoms with van der Waals surface area (Å²) in [6.07, 6.45) is 1.64. The van der Waals surface area contributed by atoms with E-state index in [9.17, 15) is 0 Å². The van der Waals surface area contributed by atoms with Crippen molar-refractivity contribution in [3.8, 4) is 17.1 Å². The van der Waals surface area contributed by atoms with Crippen LogP contribution in [0, 0.1) is 0 Å². The summed E-state index contributed by atoms with van der Waals surface area (Å²) in [5.41, 5.74) is 8.27. The summed E-state index contributed by atoms with van der Waals surface area (Å²) in [5, 5.41) is 11.9. The molecule has 20 heavy (non-hydrogen) atoms. The number of nitrogens with two attached hydrogens (primary N) is 1. The molecule has 2 aromatic heterocycles. The van der Waals surface area contributed by atoms with E-state index in [1.165, 1.54) is 0 Å². The number of rotatable bonds is 0. The minimum Gasteiger partial charge on any atom is -0.368 e. The van der Waals surface area contributed by atoms with Crippen LogP contribution < -0.4 is 10.6 Å². The highest BCUT2D eigenvalue weighted by molar-refractivity contribution is 5.83. The molecule has 3 aromatic rings. The van der Waals surface area contributed by atoms with Crippen molar-refractivity contribution in [2.45, 2.75) is 0 Å². The van der Waals surface area contributed by atoms with Crippen LogP contribution in [0.4, 0.5) is 17.5 Å². The third kappa shape index (κ3) is 1.32. The van der Waals surface area contributed by atoms with Crippen molar-refractivity contribution in [3.05, 3.63) is 30.5 Å². The minimum atomic E-state index is 0.217. The van der Waals surface area contributed by atoms with Gasteiger partial charge in [-0.3, -0.25) is 0 Å². The van der Waals surface area contributed by atoms with E-state index in [0.29, 0.717) is 11.6 Å². The Hall–Kier alpha value is -3.03. The molecule has 98 valence electrons. The Balaban J connectivity index is 2.14. The topological polar surface area (TPSA) is 98.6 Å². The standard InChI is InChI=1S/C12H10N8/c1-19-8-4-2-3-5-9(8)20-11(16-17-18-20)7-6-14-12(13)15-10(7)19/h2-6H,1H3,(H2,13,14,15). The van der Waals surface area contributed by atoms with Crippen LogP contribution in [0.3, 0.4) is 0 Å². The lowest BCUT2D eigenvalue weighted by Gasteiger charge is -2.19. The largest absolute Gasteiger partial charge is 0.368 e. The Kier molecular flexibility index (Phi) is 2.02. The Bertz CT molecular complexity index is 809. The highest BCUT2D eigenvalue weighted by Gasteiger charge is 2.26. The van der Waals surface area contributed by atoms with Crippen molar-refractivity contribution in [2.75, 3.05) is 17.7 Å². The van der Waals surface area contributed by atoms with Gasteiger partial charge in [-0.1, -0.05) is 12.1 Å². The molecular weight excluding hydrogens is 256 g/mol. The highest BCUT2D eigenvalue weighted by atomic mass is 15.6. The van der Waals surface area contributed by atoms with Gasteiger partial charge in [-0.25, -0.2) is 4.98 Å². The maximum Gasteiger partial charge on any atom is 0.221 e. The first-order valence-electron chi connectivity index (χ1n) is 6.00. The van der Waals surface area contributed by atoms with Gasteiger partial charge in [0.1, 0.15) is 5.82 Å². The maximum absolute atomic E-state index is 5.70. The van der Waals surface area contributed by atoms with E-state index in [0.717, 1.165) is 16.9 Å². The van der Waals surface area contributed by atoms with Crippen molar-refractivity contribution >= 4 is 17.5 Å². The van der Waals surface area contributed by atoms with Crippen LogP contribution in [0.1, 0.15) is 0 Å². The average Bonchev–Trinajstić information content (AvgIpc) is 2.92. The molecule has 0 saturated carbocycles. The predicted molar refractivity (Wildman–Crippen MR) is 72.7 cm³/mol. The molecule has 0 saturated heterocycles. The third-order valence-electron chi connectivity index (χ3n) is 3.29. The number of para-hydroxylation sites is 2. The Morgan fingerprint density at radius 1 is 1.15 bits per heavy atom. The number of fused-ring (bicyclic) bond motifs is 5. The molecule has 0 unspecified atom stereocenters. The second-order valence-electron chi connectivity index (χ2n) is 4.43. The molecule has 0 radical (unpaired) electrons. The van der Waals surface area contributed by atoms with Crippen LogP contribution >= 0.6 is 0 Å². The van der Waals surface area contributed by atoms with E-state index in [-0.39, 0.29) is 5.95 Å². The minimum absolute atomic E-state index is 0.217. The van der Waals surface area contributed by atoms with E-state index in [4.69, 9.17) is 5.73 Å². The molecule has 0 fully saturated rings. The van der Waals surface area contributed by atoms with E-state index in [2.05, 4.69) is 25.5 Å². The third-order valence-corrected chi connectivity index (χ3v) is 3.29. The number of benzene rings is 1. The lowest BCUT2D eigenvalue weighted by molar-refractivity contribution is 0.792. The summed E-state index contributed by atoms with van der Waals surface area (Å²) in [5.74, 6) is 1.49. The molecule has 8 nitrogen and oxygen atoms in total. The zero-order valence-corrected chi connectivity index (χ0v) is 10.6. The fraction of sp³-hybridized carbons (Fsp3) is 0.0833. The molecule has 0 bridgehead atoms.